The molecule has 0 saturated carbocycles. The van der Waals surface area contributed by atoms with Gasteiger partial charge in [-0.05, 0) is 19.1 Å². The van der Waals surface area contributed by atoms with Crippen LogP contribution in [0.5, 0.6) is 0 Å². The first kappa shape index (κ1) is 16.5. The summed E-state index contributed by atoms with van der Waals surface area (Å²) in [6.45, 7) is 2.03. The summed E-state index contributed by atoms with van der Waals surface area (Å²) >= 11 is 13.4. The quantitative estimate of drug-likeness (QED) is 0.844. The van der Waals surface area contributed by atoms with Gasteiger partial charge in [-0.15, -0.1) is 11.3 Å². The third kappa shape index (κ3) is 3.32. The van der Waals surface area contributed by atoms with E-state index in [0.29, 0.717) is 5.69 Å². The summed E-state index contributed by atoms with van der Waals surface area (Å²) in [5, 5.41) is 0.0146. The van der Waals surface area contributed by atoms with Gasteiger partial charge in [0.2, 0.25) is 10.0 Å². The first-order chi connectivity index (χ1) is 9.73. The molecule has 0 saturated heterocycles. The van der Waals surface area contributed by atoms with Crippen LogP contribution in [0.25, 0.3) is 0 Å². The first-order valence-corrected chi connectivity index (χ1v) is 8.91. The number of hydrogen-bond donors (Lipinski definition) is 1. The molecule has 2 rings (SSSR count). The average molecular weight is 366 g/mol. The summed E-state index contributed by atoms with van der Waals surface area (Å²) in [5.74, 6) is 0. The first-order valence-electron chi connectivity index (χ1n) is 5.83. The number of benzene rings is 1. The number of rotatable bonds is 4. The van der Waals surface area contributed by atoms with Crippen molar-refractivity contribution in [3.63, 3.8) is 0 Å². The van der Waals surface area contributed by atoms with E-state index in [1.165, 1.54) is 34.8 Å². The Balaban J connectivity index is 2.40. The third-order valence-electron chi connectivity index (χ3n) is 2.90. The molecular formula is C12H13Cl2N3O2S2. The van der Waals surface area contributed by atoms with Gasteiger partial charge >= 0.3 is 0 Å². The zero-order valence-electron chi connectivity index (χ0n) is 11.3. The van der Waals surface area contributed by atoms with Crippen molar-refractivity contribution in [2.45, 2.75) is 18.4 Å². The number of sulfonamides is 1. The van der Waals surface area contributed by atoms with Crippen molar-refractivity contribution in [2.24, 2.45) is 0 Å². The van der Waals surface area contributed by atoms with Crippen molar-refractivity contribution in [3.05, 3.63) is 38.3 Å². The molecule has 0 radical (unpaired) electrons. The number of halogens is 2. The van der Waals surface area contributed by atoms with Crippen molar-refractivity contribution >= 4 is 50.2 Å². The van der Waals surface area contributed by atoms with Gasteiger partial charge in [0.05, 0.1) is 21.2 Å². The predicted octanol–water partition coefficient (Wildman–Crippen LogP) is 3.16. The largest absolute Gasteiger partial charge is 0.399 e. The summed E-state index contributed by atoms with van der Waals surface area (Å²) in [6.07, 6.45) is 0. The van der Waals surface area contributed by atoms with E-state index in [1.54, 1.807) is 5.51 Å². The molecule has 2 aromatic rings. The Morgan fingerprint density at radius 1 is 1.33 bits per heavy atom. The third-order valence-corrected chi connectivity index (χ3v) is 6.55. The smallest absolute Gasteiger partial charge is 0.246 e. The summed E-state index contributed by atoms with van der Waals surface area (Å²) in [4.78, 5) is 4.83. The maximum Gasteiger partial charge on any atom is 0.246 e. The lowest BCUT2D eigenvalue weighted by Crippen LogP contribution is -2.27. The maximum atomic E-state index is 12.6. The van der Waals surface area contributed by atoms with Crippen molar-refractivity contribution in [1.29, 1.82) is 0 Å². The van der Waals surface area contributed by atoms with Gasteiger partial charge in [-0.25, -0.2) is 13.4 Å². The molecule has 0 fully saturated rings. The Kier molecular flexibility index (Phi) is 4.79. The Bertz CT molecular complexity index is 752. The normalized spacial score (nSPS) is 12.0. The van der Waals surface area contributed by atoms with Gasteiger partial charge in [0, 0.05) is 24.2 Å². The zero-order valence-corrected chi connectivity index (χ0v) is 14.4. The number of nitrogen functional groups attached to an aromatic ring is 1. The van der Waals surface area contributed by atoms with Gasteiger partial charge in [-0.3, -0.25) is 0 Å². The molecule has 0 bridgehead atoms. The fraction of sp³-hybridized carbons (Fsp3) is 0.250. The molecule has 2 N–H and O–H groups in total. The molecule has 21 heavy (non-hydrogen) atoms. The lowest BCUT2D eigenvalue weighted by atomic mass is 10.3. The van der Waals surface area contributed by atoms with Crippen LogP contribution < -0.4 is 5.73 Å². The second-order valence-electron chi connectivity index (χ2n) is 4.44. The van der Waals surface area contributed by atoms with Crippen LogP contribution in [-0.4, -0.2) is 24.8 Å². The highest BCUT2D eigenvalue weighted by Crippen LogP contribution is 2.34. The van der Waals surface area contributed by atoms with E-state index in [4.69, 9.17) is 28.9 Å². The molecule has 1 aromatic carbocycles. The second-order valence-corrected chi connectivity index (χ2v) is 8.17. The van der Waals surface area contributed by atoms with Crippen LogP contribution in [0.3, 0.4) is 0 Å². The summed E-state index contributed by atoms with van der Waals surface area (Å²) < 4.78 is 26.4. The summed E-state index contributed by atoms with van der Waals surface area (Å²) in [7, 11) is -2.35. The molecule has 9 heteroatoms. The minimum Gasteiger partial charge on any atom is -0.399 e. The number of thiazole rings is 1. The van der Waals surface area contributed by atoms with Crippen LogP contribution in [0.2, 0.25) is 10.0 Å². The Morgan fingerprint density at radius 2 is 1.90 bits per heavy atom. The topological polar surface area (TPSA) is 76.3 Å². The summed E-state index contributed by atoms with van der Waals surface area (Å²) in [5.41, 5.74) is 8.38. The van der Waals surface area contributed by atoms with Crippen LogP contribution in [0.4, 0.5) is 5.69 Å². The molecule has 0 spiro atoms. The Hall–Kier alpha value is -0.860. The van der Waals surface area contributed by atoms with Crippen LogP contribution in [-0.2, 0) is 16.6 Å². The fourth-order valence-corrected chi connectivity index (χ4v) is 4.97. The van der Waals surface area contributed by atoms with Gasteiger partial charge in [0.25, 0.3) is 0 Å². The number of aryl methyl sites for hydroxylation is 1. The molecule has 0 aliphatic heterocycles. The molecule has 0 aliphatic rings. The molecule has 0 aliphatic carbocycles. The maximum absolute atomic E-state index is 12.6. The van der Waals surface area contributed by atoms with Crippen LogP contribution in [0.1, 0.15) is 10.6 Å². The van der Waals surface area contributed by atoms with Gasteiger partial charge in [-0.1, -0.05) is 23.2 Å². The average Bonchev–Trinajstić information content (AvgIpc) is 2.73. The van der Waals surface area contributed by atoms with E-state index < -0.39 is 10.0 Å². The monoisotopic (exact) mass is 365 g/mol. The van der Waals surface area contributed by atoms with E-state index in [2.05, 4.69) is 4.98 Å². The molecule has 5 nitrogen and oxygen atoms in total. The number of nitrogens with zero attached hydrogens (tertiary/aromatic N) is 2. The highest BCUT2D eigenvalue weighted by Gasteiger charge is 2.27. The minimum absolute atomic E-state index is 0.00729. The van der Waals surface area contributed by atoms with Gasteiger partial charge in [-0.2, -0.15) is 4.31 Å². The van der Waals surface area contributed by atoms with E-state index in [9.17, 15) is 8.42 Å². The van der Waals surface area contributed by atoms with Crippen LogP contribution >= 0.6 is 34.5 Å². The van der Waals surface area contributed by atoms with E-state index >= 15 is 0 Å². The van der Waals surface area contributed by atoms with Crippen LogP contribution in [0, 0.1) is 6.92 Å². The summed E-state index contributed by atoms with van der Waals surface area (Å²) in [6, 6.07) is 2.73. The SMILES string of the molecule is Cc1ncsc1CN(C)S(=O)(=O)c1c(Cl)cc(N)cc1Cl. The Morgan fingerprint density at radius 3 is 2.38 bits per heavy atom. The molecule has 0 atom stereocenters. The van der Waals surface area contributed by atoms with E-state index in [-0.39, 0.29) is 21.5 Å². The molecule has 1 aromatic heterocycles. The van der Waals surface area contributed by atoms with Crippen molar-refractivity contribution < 1.29 is 8.42 Å². The van der Waals surface area contributed by atoms with Gasteiger partial charge < -0.3 is 5.73 Å². The van der Waals surface area contributed by atoms with Crippen molar-refractivity contribution in [3.8, 4) is 0 Å². The molecular weight excluding hydrogens is 353 g/mol. The lowest BCUT2D eigenvalue weighted by molar-refractivity contribution is 0.469. The minimum atomic E-state index is -3.82. The lowest BCUT2D eigenvalue weighted by Gasteiger charge is -2.18. The molecule has 1 heterocycles. The van der Waals surface area contributed by atoms with E-state index in [1.807, 2.05) is 6.92 Å². The number of nitrogens with two attached hydrogens (primary N) is 1. The predicted molar refractivity (Wildman–Crippen MR) is 86.4 cm³/mol. The molecule has 114 valence electrons. The number of hydrogen-bond acceptors (Lipinski definition) is 5. The number of aromatic nitrogens is 1. The standard InChI is InChI=1S/C12H13Cl2N3O2S2/c1-7-11(20-6-16-7)5-17(2)21(18,19)12-9(13)3-8(15)4-10(12)14/h3-4,6H,5,15H2,1-2H3. The van der Waals surface area contributed by atoms with Gasteiger partial charge in [0.1, 0.15) is 4.90 Å². The van der Waals surface area contributed by atoms with E-state index in [0.717, 1.165) is 10.6 Å². The highest BCUT2D eigenvalue weighted by molar-refractivity contribution is 7.89. The molecule has 0 unspecified atom stereocenters. The highest BCUT2D eigenvalue weighted by atomic mass is 35.5. The Labute approximate surface area is 137 Å². The number of anilines is 1. The second kappa shape index (κ2) is 6.10. The van der Waals surface area contributed by atoms with Crippen molar-refractivity contribution in [2.75, 3.05) is 12.8 Å². The van der Waals surface area contributed by atoms with Crippen LogP contribution in [0.15, 0.2) is 22.5 Å². The molecule has 0 amide bonds. The zero-order chi connectivity index (χ0) is 15.8. The fourth-order valence-electron chi connectivity index (χ4n) is 1.75. The van der Waals surface area contributed by atoms with Crippen molar-refractivity contribution in [1.82, 2.24) is 9.29 Å². The van der Waals surface area contributed by atoms with Gasteiger partial charge in [0.15, 0.2) is 0 Å².